The highest BCUT2D eigenvalue weighted by Crippen LogP contribution is 2.35. The minimum absolute atomic E-state index is 0.0639. The fourth-order valence-electron chi connectivity index (χ4n) is 2.80. The third-order valence-electron chi connectivity index (χ3n) is 4.24. The summed E-state index contributed by atoms with van der Waals surface area (Å²) >= 11 is 6.23. The molecular formula is C21H18ClF3N4O3. The summed E-state index contributed by atoms with van der Waals surface area (Å²) in [7, 11) is 1.42. The first kappa shape index (κ1) is 23.0. The molecule has 0 atom stereocenters. The summed E-state index contributed by atoms with van der Waals surface area (Å²) in [5.74, 6) is 0.279. The van der Waals surface area contributed by atoms with Crippen LogP contribution in [-0.2, 0) is 0 Å². The van der Waals surface area contributed by atoms with Gasteiger partial charge in [-0.1, -0.05) is 18.2 Å². The van der Waals surface area contributed by atoms with Crippen LogP contribution >= 0.6 is 11.6 Å². The Balaban J connectivity index is 1.83. The average molecular weight is 467 g/mol. The molecule has 0 spiro atoms. The zero-order valence-electron chi connectivity index (χ0n) is 16.7. The van der Waals surface area contributed by atoms with Crippen molar-refractivity contribution in [2.45, 2.75) is 6.18 Å². The highest BCUT2D eigenvalue weighted by Gasteiger charge is 2.26. The van der Waals surface area contributed by atoms with E-state index in [4.69, 9.17) is 26.8 Å². The van der Waals surface area contributed by atoms with Gasteiger partial charge in [-0.05, 0) is 24.3 Å². The van der Waals surface area contributed by atoms with Gasteiger partial charge >= 0.3 is 6.18 Å². The van der Waals surface area contributed by atoms with Crippen LogP contribution in [0.25, 0.3) is 10.9 Å². The molecule has 0 fully saturated rings. The number of benzene rings is 2. The number of anilines is 1. The number of carbonyl (C=O) groups is 1. The number of pyridine rings is 1. The minimum Gasteiger partial charge on any atom is -0.496 e. The molecule has 7 nitrogen and oxygen atoms in total. The molecule has 0 radical (unpaired) electrons. The average Bonchev–Trinajstić information content (AvgIpc) is 2.73. The molecule has 1 amide bonds. The lowest BCUT2D eigenvalue weighted by molar-refractivity contribution is -0.123. The second-order valence-electron chi connectivity index (χ2n) is 6.56. The number of amides is 1. The van der Waals surface area contributed by atoms with E-state index in [1.807, 2.05) is 0 Å². The second-order valence-corrected chi connectivity index (χ2v) is 6.97. The van der Waals surface area contributed by atoms with Gasteiger partial charge in [0.05, 0.1) is 34.7 Å². The molecule has 3 aromatic rings. The Bertz CT molecular complexity index is 1180. The molecule has 11 heteroatoms. The molecule has 4 N–H and O–H groups in total. The number of hydrogen-bond donors (Lipinski definition) is 3. The van der Waals surface area contributed by atoms with Gasteiger partial charge in [0, 0.05) is 23.7 Å². The monoisotopic (exact) mass is 466 g/mol. The number of fused-ring (bicyclic) bond motifs is 1. The van der Waals surface area contributed by atoms with E-state index in [0.717, 1.165) is 0 Å². The lowest BCUT2D eigenvalue weighted by Gasteiger charge is -2.16. The first-order chi connectivity index (χ1) is 15.1. The largest absolute Gasteiger partial charge is 0.496 e. The Morgan fingerprint density at radius 2 is 1.97 bits per heavy atom. The smallest absolute Gasteiger partial charge is 0.405 e. The number of carbonyl (C=O) groups excluding carboxylic acids is 1. The Morgan fingerprint density at radius 3 is 2.59 bits per heavy atom. The van der Waals surface area contributed by atoms with E-state index in [1.165, 1.54) is 31.5 Å². The van der Waals surface area contributed by atoms with Gasteiger partial charge < -0.3 is 25.8 Å². The summed E-state index contributed by atoms with van der Waals surface area (Å²) in [6.07, 6.45) is -2.85. The zero-order valence-corrected chi connectivity index (χ0v) is 17.5. The number of nitrogens with one attached hydrogen (secondary N) is 2. The van der Waals surface area contributed by atoms with E-state index in [9.17, 15) is 18.0 Å². The number of nitrogens with zero attached hydrogens (tertiary/aromatic N) is 1. The number of ether oxygens (including phenoxy) is 2. The van der Waals surface area contributed by atoms with E-state index < -0.39 is 18.6 Å². The summed E-state index contributed by atoms with van der Waals surface area (Å²) in [5, 5.41) is 5.50. The third kappa shape index (κ3) is 5.52. The van der Waals surface area contributed by atoms with Gasteiger partial charge in [0.25, 0.3) is 5.91 Å². The lowest BCUT2D eigenvalue weighted by Crippen LogP contribution is -2.30. The highest BCUT2D eigenvalue weighted by molar-refractivity contribution is 6.33. The van der Waals surface area contributed by atoms with E-state index in [0.29, 0.717) is 28.1 Å². The molecule has 0 aliphatic rings. The molecule has 0 aliphatic carbocycles. The van der Waals surface area contributed by atoms with E-state index >= 15 is 0 Å². The van der Waals surface area contributed by atoms with Crippen molar-refractivity contribution in [1.29, 1.82) is 0 Å². The van der Waals surface area contributed by atoms with Crippen LogP contribution in [0, 0.1) is 0 Å². The fraction of sp³-hybridized carbons (Fsp3) is 0.143. The van der Waals surface area contributed by atoms with E-state index in [1.54, 1.807) is 18.2 Å². The fourth-order valence-corrected chi connectivity index (χ4v) is 3.02. The number of hydrogen-bond acceptors (Lipinski definition) is 6. The Hall–Kier alpha value is -3.66. The van der Waals surface area contributed by atoms with Crippen LogP contribution in [0.4, 0.5) is 18.9 Å². The molecule has 0 bridgehead atoms. The normalized spacial score (nSPS) is 11.2. The van der Waals surface area contributed by atoms with Crippen LogP contribution in [0.1, 0.15) is 10.4 Å². The molecule has 3 rings (SSSR count). The van der Waals surface area contributed by atoms with Gasteiger partial charge in [-0.2, -0.15) is 13.2 Å². The zero-order chi connectivity index (χ0) is 23.5. The number of alkyl halides is 3. The minimum atomic E-state index is -4.38. The predicted molar refractivity (Wildman–Crippen MR) is 115 cm³/mol. The summed E-state index contributed by atoms with van der Waals surface area (Å²) < 4.78 is 48.0. The molecule has 1 aromatic heterocycles. The van der Waals surface area contributed by atoms with Crippen LogP contribution in [0.5, 0.6) is 17.2 Å². The molecule has 32 heavy (non-hydrogen) atoms. The maximum atomic E-state index is 12.3. The molecule has 168 valence electrons. The molecule has 0 aliphatic heterocycles. The van der Waals surface area contributed by atoms with Gasteiger partial charge in [0.15, 0.2) is 0 Å². The van der Waals surface area contributed by atoms with Gasteiger partial charge in [-0.15, -0.1) is 0 Å². The van der Waals surface area contributed by atoms with Crippen LogP contribution in [0.15, 0.2) is 55.0 Å². The van der Waals surface area contributed by atoms with Crippen molar-refractivity contribution >= 4 is 34.1 Å². The quantitative estimate of drug-likeness (QED) is 0.440. The number of primary amides is 1. The Morgan fingerprint density at radius 1 is 1.22 bits per heavy atom. The molecule has 1 heterocycles. The Kier molecular flexibility index (Phi) is 6.64. The van der Waals surface area contributed by atoms with Crippen molar-refractivity contribution in [1.82, 2.24) is 10.3 Å². The van der Waals surface area contributed by atoms with Crippen molar-refractivity contribution < 1.29 is 27.4 Å². The number of rotatable bonds is 8. The maximum absolute atomic E-state index is 12.3. The lowest BCUT2D eigenvalue weighted by atomic mass is 10.1. The summed E-state index contributed by atoms with van der Waals surface area (Å²) in [6.45, 7) is 2.26. The maximum Gasteiger partial charge on any atom is 0.405 e. The summed E-state index contributed by atoms with van der Waals surface area (Å²) in [5.41, 5.74) is 6.44. The number of aromatic nitrogens is 1. The molecule has 0 saturated heterocycles. The molecule has 2 aromatic carbocycles. The van der Waals surface area contributed by atoms with Crippen LogP contribution in [0.3, 0.4) is 0 Å². The van der Waals surface area contributed by atoms with Gasteiger partial charge in [0.1, 0.15) is 23.8 Å². The third-order valence-corrected chi connectivity index (χ3v) is 4.56. The molecule has 0 saturated carbocycles. The standard InChI is InChI=1S/C21H18ClF3N4O3/c1-11(28-10-21(23,24)25)29-16-4-3-12(7-15(16)22)32-18-5-6-27-17-9-19(31-2)14(20(26)30)8-13(17)18/h3-9,28-29H,1,10H2,2H3,(H2,26,30). The summed E-state index contributed by atoms with van der Waals surface area (Å²) in [4.78, 5) is 16.0. The van der Waals surface area contributed by atoms with Gasteiger partial charge in [0.2, 0.25) is 0 Å². The van der Waals surface area contributed by atoms with Crippen molar-refractivity contribution in [3.05, 3.63) is 65.6 Å². The second kappa shape index (κ2) is 9.23. The van der Waals surface area contributed by atoms with Crippen molar-refractivity contribution in [2.24, 2.45) is 5.73 Å². The number of nitrogens with two attached hydrogens (primary N) is 1. The molecular weight excluding hydrogens is 449 g/mol. The van der Waals surface area contributed by atoms with Crippen molar-refractivity contribution in [3.8, 4) is 17.2 Å². The van der Waals surface area contributed by atoms with Crippen LogP contribution < -0.4 is 25.8 Å². The number of halogens is 4. The van der Waals surface area contributed by atoms with Crippen LogP contribution in [0.2, 0.25) is 5.02 Å². The van der Waals surface area contributed by atoms with E-state index in [2.05, 4.69) is 22.2 Å². The summed E-state index contributed by atoms with van der Waals surface area (Å²) in [6, 6.07) is 9.26. The molecule has 0 unspecified atom stereocenters. The van der Waals surface area contributed by atoms with Gasteiger partial charge in [-0.3, -0.25) is 9.78 Å². The first-order valence-electron chi connectivity index (χ1n) is 9.08. The topological polar surface area (TPSA) is 98.5 Å². The van der Waals surface area contributed by atoms with Gasteiger partial charge in [-0.25, -0.2) is 0 Å². The van der Waals surface area contributed by atoms with Crippen molar-refractivity contribution in [2.75, 3.05) is 19.0 Å². The van der Waals surface area contributed by atoms with Crippen molar-refractivity contribution in [3.63, 3.8) is 0 Å². The number of methoxy groups -OCH3 is 1. The van der Waals surface area contributed by atoms with E-state index in [-0.39, 0.29) is 22.2 Å². The highest BCUT2D eigenvalue weighted by atomic mass is 35.5. The van der Waals surface area contributed by atoms with Crippen LogP contribution in [-0.4, -0.2) is 30.7 Å². The first-order valence-corrected chi connectivity index (χ1v) is 9.45. The SMILES string of the molecule is C=C(NCC(F)(F)F)Nc1ccc(Oc2ccnc3cc(OC)c(C(N)=O)cc23)cc1Cl. The predicted octanol–water partition coefficient (Wildman–Crippen LogP) is 4.82. The Labute approximate surface area is 186 Å².